The molecule has 7 heteroatoms. The van der Waals surface area contributed by atoms with E-state index in [0.29, 0.717) is 37.0 Å². The zero-order chi connectivity index (χ0) is 13.4. The smallest absolute Gasteiger partial charge is 0.242 e. The lowest BCUT2D eigenvalue weighted by Crippen LogP contribution is -2.27. The van der Waals surface area contributed by atoms with Crippen molar-refractivity contribution in [2.24, 2.45) is 0 Å². The maximum absolute atomic E-state index is 8.97. The second kappa shape index (κ2) is 7.67. The molecule has 18 heavy (non-hydrogen) atoms. The van der Waals surface area contributed by atoms with E-state index in [9.17, 15) is 0 Å². The van der Waals surface area contributed by atoms with Gasteiger partial charge in [-0.05, 0) is 13.3 Å². The largest absolute Gasteiger partial charge is 0.476 e. The number of aliphatic hydroxyl groups is 1. The number of hydrogen-bond donors (Lipinski definition) is 3. The van der Waals surface area contributed by atoms with Crippen LogP contribution in [0.3, 0.4) is 0 Å². The van der Waals surface area contributed by atoms with Crippen LogP contribution >= 0.6 is 0 Å². The number of rotatable bonds is 8. The normalized spacial score (nSPS) is 12.2. The zero-order valence-corrected chi connectivity index (χ0v) is 10.7. The Kier molecular flexibility index (Phi) is 6.16. The van der Waals surface area contributed by atoms with E-state index in [1.165, 1.54) is 6.33 Å². The lowest BCUT2D eigenvalue weighted by molar-refractivity contribution is 0.170. The predicted octanol–water partition coefficient (Wildman–Crippen LogP) is 0.267. The van der Waals surface area contributed by atoms with Crippen molar-refractivity contribution in [3.05, 3.63) is 6.33 Å². The van der Waals surface area contributed by atoms with Crippen LogP contribution in [-0.4, -0.2) is 48.0 Å². The van der Waals surface area contributed by atoms with Crippen molar-refractivity contribution in [3.63, 3.8) is 0 Å². The summed E-state index contributed by atoms with van der Waals surface area (Å²) in [6.45, 7) is 2.85. The summed E-state index contributed by atoms with van der Waals surface area (Å²) in [6.07, 6.45) is 1.92. The minimum Gasteiger partial charge on any atom is -0.476 e. The van der Waals surface area contributed by atoms with E-state index in [0.717, 1.165) is 0 Å². The molecule has 1 aromatic rings. The summed E-state index contributed by atoms with van der Waals surface area (Å²) in [7, 11) is 1.60. The van der Waals surface area contributed by atoms with E-state index in [2.05, 4.69) is 15.3 Å². The van der Waals surface area contributed by atoms with Crippen molar-refractivity contribution in [3.8, 4) is 5.88 Å². The van der Waals surface area contributed by atoms with Gasteiger partial charge in [-0.3, -0.25) is 0 Å². The van der Waals surface area contributed by atoms with Gasteiger partial charge in [0, 0.05) is 13.7 Å². The lowest BCUT2D eigenvalue weighted by Gasteiger charge is -2.19. The van der Waals surface area contributed by atoms with Crippen LogP contribution in [0.15, 0.2) is 6.33 Å². The number of hydrogen-bond acceptors (Lipinski definition) is 7. The van der Waals surface area contributed by atoms with Gasteiger partial charge < -0.3 is 25.6 Å². The Balaban J connectivity index is 2.78. The van der Waals surface area contributed by atoms with Crippen molar-refractivity contribution in [2.45, 2.75) is 19.4 Å². The van der Waals surface area contributed by atoms with Crippen molar-refractivity contribution in [2.75, 3.05) is 38.0 Å². The molecule has 1 atom stereocenters. The topological polar surface area (TPSA) is 103 Å². The number of nitrogens with one attached hydrogen (secondary N) is 1. The molecule has 0 amide bonds. The van der Waals surface area contributed by atoms with Gasteiger partial charge in [0.15, 0.2) is 5.82 Å². The van der Waals surface area contributed by atoms with Crippen LogP contribution in [-0.2, 0) is 4.74 Å². The lowest BCUT2D eigenvalue weighted by atomic mass is 10.2. The molecule has 0 aliphatic rings. The number of aromatic nitrogens is 2. The molecule has 1 aromatic heterocycles. The molecule has 0 aromatic carbocycles. The summed E-state index contributed by atoms with van der Waals surface area (Å²) in [5, 5.41) is 12.1. The number of aliphatic hydroxyl groups excluding tert-OH is 1. The van der Waals surface area contributed by atoms with Gasteiger partial charge in [0.05, 0.1) is 19.3 Å². The van der Waals surface area contributed by atoms with E-state index in [1.54, 1.807) is 7.11 Å². The molecule has 0 bridgehead atoms. The SMILES string of the molecule is CCOc1ncnc(NC(CCO)COC)c1N. The van der Waals surface area contributed by atoms with Gasteiger partial charge in [-0.1, -0.05) is 0 Å². The zero-order valence-electron chi connectivity index (χ0n) is 10.7. The number of nitrogen functional groups attached to an aromatic ring is 1. The molecule has 0 saturated heterocycles. The molecule has 0 saturated carbocycles. The van der Waals surface area contributed by atoms with Gasteiger partial charge in [0.2, 0.25) is 5.88 Å². The fourth-order valence-electron chi connectivity index (χ4n) is 1.49. The van der Waals surface area contributed by atoms with Crippen LogP contribution < -0.4 is 15.8 Å². The monoisotopic (exact) mass is 256 g/mol. The van der Waals surface area contributed by atoms with E-state index in [1.807, 2.05) is 6.92 Å². The Hall–Kier alpha value is -1.60. The molecular weight excluding hydrogens is 236 g/mol. The van der Waals surface area contributed by atoms with Crippen LogP contribution in [0, 0.1) is 0 Å². The van der Waals surface area contributed by atoms with Gasteiger partial charge in [-0.2, -0.15) is 4.98 Å². The highest BCUT2D eigenvalue weighted by atomic mass is 16.5. The Morgan fingerprint density at radius 2 is 2.28 bits per heavy atom. The van der Waals surface area contributed by atoms with Gasteiger partial charge in [-0.25, -0.2) is 4.98 Å². The summed E-state index contributed by atoms with van der Waals surface area (Å²) >= 11 is 0. The molecular formula is C11H20N4O3. The number of anilines is 2. The Labute approximate surface area is 106 Å². The van der Waals surface area contributed by atoms with Crippen LogP contribution in [0.1, 0.15) is 13.3 Å². The Bertz CT molecular complexity index is 356. The second-order valence-electron chi connectivity index (χ2n) is 3.68. The molecule has 0 radical (unpaired) electrons. The predicted molar refractivity (Wildman–Crippen MR) is 68.6 cm³/mol. The maximum atomic E-state index is 8.97. The third-order valence-corrected chi connectivity index (χ3v) is 2.31. The summed E-state index contributed by atoms with van der Waals surface area (Å²) in [6, 6.07) is -0.0633. The van der Waals surface area contributed by atoms with Gasteiger partial charge in [0.1, 0.15) is 12.0 Å². The molecule has 7 nitrogen and oxygen atoms in total. The number of nitrogens with zero attached hydrogens (tertiary/aromatic N) is 2. The molecule has 102 valence electrons. The first-order valence-corrected chi connectivity index (χ1v) is 5.82. The van der Waals surface area contributed by atoms with Gasteiger partial charge in [-0.15, -0.1) is 0 Å². The van der Waals surface area contributed by atoms with Crippen LogP contribution in [0.25, 0.3) is 0 Å². The molecule has 0 aliphatic heterocycles. The van der Waals surface area contributed by atoms with E-state index >= 15 is 0 Å². The minimum atomic E-state index is -0.0633. The maximum Gasteiger partial charge on any atom is 0.242 e. The third kappa shape index (κ3) is 4.01. The number of nitrogens with two attached hydrogens (primary N) is 1. The molecule has 4 N–H and O–H groups in total. The van der Waals surface area contributed by atoms with Crippen molar-refractivity contribution in [1.29, 1.82) is 0 Å². The fraction of sp³-hybridized carbons (Fsp3) is 0.636. The first-order chi connectivity index (χ1) is 8.72. The average Bonchev–Trinajstić information content (AvgIpc) is 2.35. The third-order valence-electron chi connectivity index (χ3n) is 2.31. The minimum absolute atomic E-state index is 0.0599. The molecule has 1 heterocycles. The van der Waals surface area contributed by atoms with E-state index in [4.69, 9.17) is 20.3 Å². The highest BCUT2D eigenvalue weighted by Crippen LogP contribution is 2.25. The van der Waals surface area contributed by atoms with Crippen molar-refractivity contribution >= 4 is 11.5 Å². The molecule has 1 rings (SSSR count). The fourth-order valence-corrected chi connectivity index (χ4v) is 1.49. The molecule has 1 unspecified atom stereocenters. The highest BCUT2D eigenvalue weighted by Gasteiger charge is 2.13. The van der Waals surface area contributed by atoms with Crippen molar-refractivity contribution in [1.82, 2.24) is 9.97 Å². The first kappa shape index (κ1) is 14.5. The Morgan fingerprint density at radius 1 is 1.50 bits per heavy atom. The first-order valence-electron chi connectivity index (χ1n) is 5.82. The van der Waals surface area contributed by atoms with Crippen molar-refractivity contribution < 1.29 is 14.6 Å². The summed E-state index contributed by atoms with van der Waals surface area (Å²) in [5.41, 5.74) is 6.25. The standard InChI is InChI=1S/C11H20N4O3/c1-3-18-11-9(12)10(13-7-14-11)15-8(4-5-16)6-17-2/h7-8,16H,3-6,12H2,1-2H3,(H,13,14,15). The average molecular weight is 256 g/mol. The van der Waals surface area contributed by atoms with Gasteiger partial charge >= 0.3 is 0 Å². The van der Waals surface area contributed by atoms with Crippen LogP contribution in [0.5, 0.6) is 5.88 Å². The Morgan fingerprint density at radius 3 is 2.89 bits per heavy atom. The number of ether oxygens (including phenoxy) is 2. The van der Waals surface area contributed by atoms with E-state index in [-0.39, 0.29) is 12.6 Å². The van der Waals surface area contributed by atoms with E-state index < -0.39 is 0 Å². The summed E-state index contributed by atoms with van der Waals surface area (Å²) in [4.78, 5) is 8.01. The molecule has 0 fully saturated rings. The van der Waals surface area contributed by atoms with Gasteiger partial charge in [0.25, 0.3) is 0 Å². The van der Waals surface area contributed by atoms with Crippen LogP contribution in [0.2, 0.25) is 0 Å². The molecule has 0 spiro atoms. The second-order valence-corrected chi connectivity index (χ2v) is 3.68. The highest BCUT2D eigenvalue weighted by molar-refractivity contribution is 5.66. The summed E-state index contributed by atoms with van der Waals surface area (Å²) < 4.78 is 10.3. The van der Waals surface area contributed by atoms with Crippen LogP contribution in [0.4, 0.5) is 11.5 Å². The number of methoxy groups -OCH3 is 1. The molecule has 0 aliphatic carbocycles. The summed E-state index contributed by atoms with van der Waals surface area (Å²) in [5.74, 6) is 0.846. The quantitative estimate of drug-likeness (QED) is 0.613.